The maximum atomic E-state index is 15.7. The number of amides is 4. The van der Waals surface area contributed by atoms with Crippen LogP contribution in [-0.4, -0.2) is 87.3 Å². The smallest absolute Gasteiger partial charge is 0.419 e. The van der Waals surface area contributed by atoms with E-state index >= 15 is 26.3 Å². The molecule has 0 aromatic heterocycles. The Kier molecular flexibility index (Phi) is 14.7. The van der Waals surface area contributed by atoms with Gasteiger partial charge in [0.1, 0.15) is 11.5 Å². The number of benzene rings is 6. The summed E-state index contributed by atoms with van der Waals surface area (Å²) in [4.78, 5) is 66.6. The summed E-state index contributed by atoms with van der Waals surface area (Å²) in [5.74, 6) is -1.42. The minimum Gasteiger partial charge on any atom is -0.497 e. The number of ether oxygens (including phenoxy) is 4. The summed E-state index contributed by atoms with van der Waals surface area (Å²) in [7, 11) is 4.96. The number of carbonyl (C=O) groups is 4. The number of fused-ring (bicyclic) bond motifs is 6. The Hall–Kier alpha value is -7.14. The summed E-state index contributed by atoms with van der Waals surface area (Å²) in [6, 6.07) is 30.5. The molecule has 404 valence electrons. The van der Waals surface area contributed by atoms with Gasteiger partial charge in [0, 0.05) is 30.1 Å². The fourth-order valence-corrected chi connectivity index (χ4v) is 11.4. The third-order valence-corrected chi connectivity index (χ3v) is 15.5. The van der Waals surface area contributed by atoms with Crippen LogP contribution in [0.5, 0.6) is 11.5 Å². The number of urea groups is 2. The van der Waals surface area contributed by atoms with Crippen molar-refractivity contribution >= 4 is 103 Å². The summed E-state index contributed by atoms with van der Waals surface area (Å²) in [5.41, 5.74) is -12.0. The van der Waals surface area contributed by atoms with Crippen molar-refractivity contribution in [3.05, 3.63) is 186 Å². The molecule has 10 rings (SSSR count). The van der Waals surface area contributed by atoms with Crippen LogP contribution in [-0.2, 0) is 54.3 Å². The van der Waals surface area contributed by atoms with Gasteiger partial charge >= 0.3 is 36.4 Å². The van der Waals surface area contributed by atoms with Crippen LogP contribution in [0.4, 0.5) is 47.3 Å². The van der Waals surface area contributed by atoms with Gasteiger partial charge in [-0.3, -0.25) is 19.6 Å². The Morgan fingerprint density at radius 1 is 0.526 bits per heavy atom. The van der Waals surface area contributed by atoms with Crippen LogP contribution in [0.3, 0.4) is 0 Å². The van der Waals surface area contributed by atoms with Crippen molar-refractivity contribution in [2.24, 2.45) is 9.98 Å². The van der Waals surface area contributed by atoms with Crippen LogP contribution >= 0.6 is 55.1 Å². The molecular weight excluding hydrogens is 1210 g/mol. The normalized spacial score (nSPS) is 22.0. The second-order valence-corrected chi connectivity index (χ2v) is 20.5. The molecule has 0 N–H and O–H groups in total. The maximum Gasteiger partial charge on any atom is 0.419 e. The second-order valence-electron chi connectivity index (χ2n) is 17.8. The van der Waals surface area contributed by atoms with E-state index in [-0.39, 0.29) is 45.6 Å². The topological polar surface area (TPSA) is 143 Å². The number of hydrogen-bond acceptors (Lipinski definition) is 10. The van der Waals surface area contributed by atoms with Gasteiger partial charge in [-0.25, -0.2) is 29.2 Å². The van der Waals surface area contributed by atoms with Crippen molar-refractivity contribution < 1.29 is 64.5 Å². The van der Waals surface area contributed by atoms with E-state index in [1.54, 1.807) is 48.5 Å². The lowest BCUT2D eigenvalue weighted by atomic mass is 9.66. The maximum absolute atomic E-state index is 15.7. The molecule has 0 fully saturated rings. The fourth-order valence-electron chi connectivity index (χ4n) is 10.6. The summed E-state index contributed by atoms with van der Waals surface area (Å²) >= 11 is 19.1. The molecule has 14 nitrogen and oxygen atoms in total. The van der Waals surface area contributed by atoms with Crippen molar-refractivity contribution in [1.29, 1.82) is 0 Å². The van der Waals surface area contributed by atoms with Crippen LogP contribution in [0.25, 0.3) is 0 Å². The predicted molar refractivity (Wildman–Crippen MR) is 284 cm³/mol. The number of carbonyl (C=O) groups excluding carboxylic acids is 4. The lowest BCUT2D eigenvalue weighted by Crippen LogP contribution is -2.70. The summed E-state index contributed by atoms with van der Waals surface area (Å²) in [6.45, 7) is -0.140. The number of alkyl halides is 6. The number of aliphatic imine (C=N–C) groups is 2. The molecule has 4 heterocycles. The number of anilines is 2. The molecule has 78 heavy (non-hydrogen) atoms. The van der Waals surface area contributed by atoms with Crippen molar-refractivity contribution in [1.82, 2.24) is 9.80 Å². The molecule has 6 aromatic carbocycles. The molecular formula is C54H40Br2Cl2F6N6O8. The molecule has 4 amide bonds. The lowest BCUT2D eigenvalue weighted by molar-refractivity contribution is -0.240. The number of esters is 2. The number of nitrogens with zero attached hydrogens (tertiary/aromatic N) is 6. The zero-order valence-electron chi connectivity index (χ0n) is 41.0. The molecule has 0 saturated heterocycles. The van der Waals surface area contributed by atoms with Gasteiger partial charge in [0.15, 0.2) is 0 Å². The highest BCUT2D eigenvalue weighted by Crippen LogP contribution is 2.65. The zero-order valence-corrected chi connectivity index (χ0v) is 45.7. The molecule has 4 aliphatic rings. The van der Waals surface area contributed by atoms with Gasteiger partial charge in [-0.05, 0) is 107 Å². The number of methoxy groups -OCH3 is 4. The Labute approximate surface area is 468 Å². The van der Waals surface area contributed by atoms with E-state index in [2.05, 4.69) is 41.8 Å². The SMILES string of the molecule is COC(=O)[C@]1(c2ccc(Br)cc2)N=CN2C(=O)N(Cc3ccc(OC)cc3)c3ccc(Cl)cc3[C@]21C(F)(F)F.COC(=O)[C@]1(c2ccc(Br)cc2)N=CN2C(=O)N(Cc3ccc(OC)cc3)c3ccc(Cl)cc3[C@]21C(F)(F)F. The highest BCUT2D eigenvalue weighted by atomic mass is 79.9. The van der Waals surface area contributed by atoms with Crippen molar-refractivity contribution in [3.8, 4) is 11.5 Å². The van der Waals surface area contributed by atoms with Crippen molar-refractivity contribution in [2.75, 3.05) is 38.2 Å². The van der Waals surface area contributed by atoms with Crippen LogP contribution < -0.4 is 19.3 Å². The first-order valence-electron chi connectivity index (χ1n) is 23.0. The second kappa shape index (κ2) is 20.6. The molecule has 0 aliphatic carbocycles. The predicted octanol–water partition coefficient (Wildman–Crippen LogP) is 12.8. The van der Waals surface area contributed by atoms with E-state index in [4.69, 9.17) is 42.1 Å². The fraction of sp³-hybridized carbons (Fsp3) is 0.222. The van der Waals surface area contributed by atoms with Crippen LogP contribution in [0.2, 0.25) is 10.0 Å². The average molecular weight is 1250 g/mol. The molecule has 4 atom stereocenters. The standard InChI is InChI=1S/2C27H20BrClF3N3O4/c2*1-38-20-10-3-16(4-11-20)14-34-22-12-9-19(29)13-21(22)26(27(30,31)32)25(23(36)39-2,33-15-35(26)24(34)37)17-5-7-18(28)8-6-17/h2*3-13,15H,14H2,1-2H3/t2*25-,26-/m00/s1. The number of rotatable bonds is 10. The molecule has 6 aromatic rings. The Morgan fingerprint density at radius 2 is 0.859 bits per heavy atom. The van der Waals surface area contributed by atoms with Crippen LogP contribution in [0.1, 0.15) is 33.4 Å². The average Bonchev–Trinajstić information content (AvgIpc) is 2.38. The van der Waals surface area contributed by atoms with Gasteiger partial charge in [0.25, 0.3) is 0 Å². The van der Waals surface area contributed by atoms with Gasteiger partial charge in [-0.2, -0.15) is 26.3 Å². The molecule has 0 bridgehead atoms. The quantitative estimate of drug-likeness (QED) is 0.0974. The molecule has 4 aliphatic heterocycles. The third kappa shape index (κ3) is 8.35. The first-order chi connectivity index (χ1) is 37.0. The largest absolute Gasteiger partial charge is 0.497 e. The Bertz CT molecular complexity index is 3190. The van der Waals surface area contributed by atoms with Gasteiger partial charge in [0.2, 0.25) is 22.2 Å². The molecule has 24 heteroatoms. The summed E-state index contributed by atoms with van der Waals surface area (Å²) in [5, 5.41) is -0.0323. The number of halogens is 10. The van der Waals surface area contributed by atoms with Gasteiger partial charge in [0.05, 0.1) is 65.6 Å². The van der Waals surface area contributed by atoms with E-state index in [9.17, 15) is 19.2 Å². The van der Waals surface area contributed by atoms with Crippen molar-refractivity contribution in [2.45, 2.75) is 47.6 Å². The molecule has 0 saturated carbocycles. The van der Waals surface area contributed by atoms with Crippen molar-refractivity contribution in [3.63, 3.8) is 0 Å². The first kappa shape index (κ1) is 55.6. The van der Waals surface area contributed by atoms with E-state index < -0.39 is 69.6 Å². The van der Waals surface area contributed by atoms with E-state index in [1.165, 1.54) is 96.8 Å². The summed E-state index contributed by atoms with van der Waals surface area (Å²) < 4.78 is 116. The van der Waals surface area contributed by atoms with Gasteiger partial charge < -0.3 is 18.9 Å². The Morgan fingerprint density at radius 3 is 1.15 bits per heavy atom. The van der Waals surface area contributed by atoms with Crippen LogP contribution in [0.15, 0.2) is 152 Å². The monoisotopic (exact) mass is 1240 g/mol. The van der Waals surface area contributed by atoms with E-state index in [0.29, 0.717) is 41.4 Å². The third-order valence-electron chi connectivity index (χ3n) is 14.0. The zero-order chi connectivity index (χ0) is 56.3. The molecule has 0 spiro atoms. The van der Waals surface area contributed by atoms with Crippen LogP contribution in [0, 0.1) is 0 Å². The van der Waals surface area contributed by atoms with Gasteiger partial charge in [-0.1, -0.05) is 104 Å². The first-order valence-corrected chi connectivity index (χ1v) is 25.4. The highest BCUT2D eigenvalue weighted by molar-refractivity contribution is 9.10. The Balaban J connectivity index is 0.000000190. The summed E-state index contributed by atoms with van der Waals surface area (Å²) in [6.07, 6.45) is -8.91. The lowest BCUT2D eigenvalue weighted by Gasteiger charge is -2.52. The minimum absolute atomic E-state index is 0.0162. The molecule has 0 unspecified atom stereocenters. The van der Waals surface area contributed by atoms with E-state index in [0.717, 1.165) is 39.0 Å². The molecule has 0 radical (unpaired) electrons. The number of hydrogen-bond donors (Lipinski definition) is 0. The highest BCUT2D eigenvalue weighted by Gasteiger charge is 2.82. The minimum atomic E-state index is -5.22. The van der Waals surface area contributed by atoms with Gasteiger partial charge in [-0.15, -0.1) is 0 Å². The van der Waals surface area contributed by atoms with E-state index in [1.807, 2.05) is 0 Å².